The van der Waals surface area contributed by atoms with Crippen LogP contribution in [0.15, 0.2) is 60.7 Å². The summed E-state index contributed by atoms with van der Waals surface area (Å²) < 4.78 is 19.9. The van der Waals surface area contributed by atoms with Crippen LogP contribution in [0.3, 0.4) is 0 Å². The molecule has 4 rings (SSSR count). The lowest BCUT2D eigenvalue weighted by Crippen LogP contribution is -2.43. The molecular formula is C24H31N2O3P. The van der Waals surface area contributed by atoms with Crippen molar-refractivity contribution in [2.45, 2.75) is 43.5 Å². The van der Waals surface area contributed by atoms with Gasteiger partial charge in [0, 0.05) is 25.6 Å². The number of rotatable bonds is 6. The van der Waals surface area contributed by atoms with Crippen LogP contribution >= 0.6 is 7.29 Å². The molecule has 0 bridgehead atoms. The van der Waals surface area contributed by atoms with Gasteiger partial charge in [-0.3, -0.25) is 9.88 Å². The summed E-state index contributed by atoms with van der Waals surface area (Å²) in [6.45, 7) is 4.46. The number of amides is 1. The summed E-state index contributed by atoms with van der Waals surface area (Å²) in [6, 6.07) is 20.2. The summed E-state index contributed by atoms with van der Waals surface area (Å²) in [5.41, 5.74) is 2.20. The van der Waals surface area contributed by atoms with Crippen LogP contribution < -0.4 is 5.09 Å². The second-order valence-electron chi connectivity index (χ2n) is 8.37. The Bertz CT molecular complexity index is 832. The number of nitrogens with zero attached hydrogens (tertiary/aromatic N) is 1. The molecule has 2 fully saturated rings. The lowest BCUT2D eigenvalue weighted by atomic mass is 10.0. The Labute approximate surface area is 179 Å². The van der Waals surface area contributed by atoms with Crippen molar-refractivity contribution >= 4 is 13.2 Å². The fraction of sp³-hybridized carbons (Fsp3) is 0.458. The maximum absolute atomic E-state index is 14.6. The maximum Gasteiger partial charge on any atom is 0.224 e. The minimum Gasteiger partial charge on any atom is -0.378 e. The highest BCUT2D eigenvalue weighted by Crippen LogP contribution is 2.74. The number of morpholine rings is 1. The Kier molecular flexibility index (Phi) is 6.72. The summed E-state index contributed by atoms with van der Waals surface area (Å²) in [5, 5.41) is 3.50. The summed E-state index contributed by atoms with van der Waals surface area (Å²) in [6.07, 6.45) is 2.13. The Hall–Kier alpha value is -1.94. The minimum absolute atomic E-state index is 0.0233. The predicted octanol–water partition coefficient (Wildman–Crippen LogP) is 4.77. The minimum atomic E-state index is -2.83. The number of nitrogens with one attached hydrogen (secondary N) is 1. The van der Waals surface area contributed by atoms with Gasteiger partial charge < -0.3 is 14.2 Å². The van der Waals surface area contributed by atoms with Gasteiger partial charge in [0.1, 0.15) is 0 Å². The van der Waals surface area contributed by atoms with Gasteiger partial charge in [-0.2, -0.15) is 0 Å². The monoisotopic (exact) mass is 426 g/mol. The average molecular weight is 426 g/mol. The zero-order valence-corrected chi connectivity index (χ0v) is 18.5. The van der Waals surface area contributed by atoms with Crippen molar-refractivity contribution in [3.63, 3.8) is 0 Å². The molecule has 30 heavy (non-hydrogen) atoms. The molecule has 2 aromatic rings. The third-order valence-corrected chi connectivity index (χ3v) is 10.1. The standard InChI is InChI=1S/C24H31N2O3P/c1-19(18-24(27)26-14-16-29-17-15-26)25-30(28)22(20-8-4-2-5-9-20)12-13-23(30)21-10-6-3-7-11-21/h2-11,19,22-23H,12-18H2,1H3,(H,25,28)/t19?,22-,23-/m0/s1. The van der Waals surface area contributed by atoms with E-state index in [0.717, 1.165) is 24.0 Å². The molecule has 2 aromatic carbocycles. The molecule has 1 amide bonds. The maximum atomic E-state index is 14.6. The first-order valence-electron chi connectivity index (χ1n) is 10.9. The zero-order chi connectivity index (χ0) is 21.0. The van der Waals surface area contributed by atoms with Crippen molar-refractivity contribution in [2.75, 3.05) is 26.3 Å². The highest BCUT2D eigenvalue weighted by atomic mass is 31.2. The molecule has 160 valence electrons. The SMILES string of the molecule is CC(CC(=O)N1CCOCC1)NP1(=O)[C@H](c2ccccc2)CC[C@H]1c1ccccc1. The van der Waals surface area contributed by atoms with E-state index in [1.54, 1.807) is 0 Å². The van der Waals surface area contributed by atoms with E-state index in [4.69, 9.17) is 4.74 Å². The first-order valence-corrected chi connectivity index (χ1v) is 12.7. The van der Waals surface area contributed by atoms with Crippen LogP contribution in [-0.2, 0) is 14.1 Å². The van der Waals surface area contributed by atoms with E-state index < -0.39 is 7.29 Å². The molecular weight excluding hydrogens is 395 g/mol. The molecule has 2 aliphatic heterocycles. The lowest BCUT2D eigenvalue weighted by molar-refractivity contribution is -0.135. The number of ether oxygens (including phenoxy) is 1. The van der Waals surface area contributed by atoms with Crippen molar-refractivity contribution in [1.29, 1.82) is 0 Å². The molecule has 1 N–H and O–H groups in total. The molecule has 1 unspecified atom stereocenters. The number of benzene rings is 2. The van der Waals surface area contributed by atoms with Crippen LogP contribution in [0, 0.1) is 0 Å². The van der Waals surface area contributed by atoms with E-state index in [0.29, 0.717) is 32.7 Å². The van der Waals surface area contributed by atoms with E-state index in [-0.39, 0.29) is 23.3 Å². The third-order valence-electron chi connectivity index (χ3n) is 6.28. The van der Waals surface area contributed by atoms with E-state index >= 15 is 0 Å². The summed E-state index contributed by atoms with van der Waals surface area (Å²) in [5.74, 6) is 0.108. The van der Waals surface area contributed by atoms with Gasteiger partial charge in [0.25, 0.3) is 0 Å². The fourth-order valence-corrected chi connectivity index (χ4v) is 8.69. The van der Waals surface area contributed by atoms with Crippen molar-refractivity contribution in [3.05, 3.63) is 71.8 Å². The summed E-state index contributed by atoms with van der Waals surface area (Å²) in [4.78, 5) is 14.6. The first-order chi connectivity index (χ1) is 14.6. The molecule has 2 saturated heterocycles. The molecule has 6 heteroatoms. The quantitative estimate of drug-likeness (QED) is 0.676. The predicted molar refractivity (Wildman–Crippen MR) is 120 cm³/mol. The highest BCUT2D eigenvalue weighted by molar-refractivity contribution is 7.63. The molecule has 0 saturated carbocycles. The average Bonchev–Trinajstić information content (AvgIpc) is 3.11. The van der Waals surface area contributed by atoms with Crippen LogP contribution in [0.25, 0.3) is 0 Å². The lowest BCUT2D eigenvalue weighted by Gasteiger charge is -2.32. The largest absolute Gasteiger partial charge is 0.378 e. The molecule has 5 nitrogen and oxygen atoms in total. The van der Waals surface area contributed by atoms with E-state index in [2.05, 4.69) is 29.4 Å². The Morgan fingerprint density at radius 1 is 1.00 bits per heavy atom. The molecule has 2 aliphatic rings. The topological polar surface area (TPSA) is 58.6 Å². The smallest absolute Gasteiger partial charge is 0.224 e. The van der Waals surface area contributed by atoms with E-state index in [1.807, 2.05) is 48.2 Å². The number of carbonyl (C=O) groups is 1. The number of hydrogen-bond acceptors (Lipinski definition) is 3. The second kappa shape index (κ2) is 9.47. The highest BCUT2D eigenvalue weighted by Gasteiger charge is 2.48. The number of carbonyl (C=O) groups excluding carboxylic acids is 1. The van der Waals surface area contributed by atoms with Crippen LogP contribution in [0.2, 0.25) is 0 Å². The molecule has 2 heterocycles. The van der Waals surface area contributed by atoms with Gasteiger partial charge in [0.05, 0.1) is 24.5 Å². The van der Waals surface area contributed by atoms with Crippen molar-refractivity contribution in [3.8, 4) is 0 Å². The fourth-order valence-electron chi connectivity index (χ4n) is 4.82. The molecule has 0 aliphatic carbocycles. The van der Waals surface area contributed by atoms with Gasteiger partial charge in [-0.25, -0.2) is 0 Å². The van der Waals surface area contributed by atoms with E-state index in [9.17, 15) is 9.36 Å². The van der Waals surface area contributed by atoms with Gasteiger partial charge in [-0.15, -0.1) is 0 Å². The molecule has 3 atom stereocenters. The van der Waals surface area contributed by atoms with E-state index in [1.165, 1.54) is 0 Å². The van der Waals surface area contributed by atoms with Crippen LogP contribution in [0.1, 0.15) is 48.6 Å². The molecule has 0 spiro atoms. The van der Waals surface area contributed by atoms with Crippen molar-refractivity contribution in [1.82, 2.24) is 9.99 Å². The Morgan fingerprint density at radius 3 is 2.00 bits per heavy atom. The Morgan fingerprint density at radius 2 is 1.50 bits per heavy atom. The summed E-state index contributed by atoms with van der Waals surface area (Å²) >= 11 is 0. The third kappa shape index (κ3) is 4.54. The van der Waals surface area contributed by atoms with Crippen LogP contribution in [0.4, 0.5) is 0 Å². The first kappa shape index (κ1) is 21.3. The van der Waals surface area contributed by atoms with Gasteiger partial charge in [-0.1, -0.05) is 60.7 Å². The van der Waals surface area contributed by atoms with Crippen LogP contribution in [0.5, 0.6) is 0 Å². The van der Waals surface area contributed by atoms with Gasteiger partial charge in [0.2, 0.25) is 5.91 Å². The Balaban J connectivity index is 1.56. The zero-order valence-electron chi connectivity index (χ0n) is 17.6. The van der Waals surface area contributed by atoms with Gasteiger partial charge in [0.15, 0.2) is 7.29 Å². The summed E-state index contributed by atoms with van der Waals surface area (Å²) in [7, 11) is -2.83. The molecule has 0 radical (unpaired) electrons. The number of hydrogen-bond donors (Lipinski definition) is 1. The second-order valence-corrected chi connectivity index (χ2v) is 11.3. The van der Waals surface area contributed by atoms with Crippen LogP contribution in [-0.4, -0.2) is 43.2 Å². The van der Waals surface area contributed by atoms with Gasteiger partial charge >= 0.3 is 0 Å². The van der Waals surface area contributed by atoms with Gasteiger partial charge in [-0.05, 0) is 30.9 Å². The molecule has 0 aromatic heterocycles. The van der Waals surface area contributed by atoms with Crippen molar-refractivity contribution < 1.29 is 14.1 Å². The normalized spacial score (nSPS) is 24.5. The van der Waals surface area contributed by atoms with Crippen molar-refractivity contribution in [2.24, 2.45) is 0 Å².